The van der Waals surface area contributed by atoms with Crippen molar-refractivity contribution in [1.29, 1.82) is 0 Å². The first-order chi connectivity index (χ1) is 8.27. The SMILES string of the molecule is [O-][n+]1ccc(CO)c2c1C1(CCOC1)OCC2. The molecule has 3 rings (SSSR count). The van der Waals surface area contributed by atoms with E-state index in [-0.39, 0.29) is 6.61 Å². The number of hydrogen-bond acceptors (Lipinski definition) is 4. The number of fused-ring (bicyclic) bond motifs is 2. The van der Waals surface area contributed by atoms with E-state index in [9.17, 15) is 10.3 Å². The summed E-state index contributed by atoms with van der Waals surface area (Å²) in [7, 11) is 0. The maximum absolute atomic E-state index is 12.0. The molecule has 0 radical (unpaired) electrons. The Bertz CT molecular complexity index is 440. The molecule has 1 atom stereocenters. The number of pyridine rings is 1. The number of hydrogen-bond donors (Lipinski definition) is 1. The summed E-state index contributed by atoms with van der Waals surface area (Å²) in [6.45, 7) is 1.58. The van der Waals surface area contributed by atoms with Crippen molar-refractivity contribution >= 4 is 0 Å². The van der Waals surface area contributed by atoms with E-state index in [1.807, 2.05) is 0 Å². The largest absolute Gasteiger partial charge is 0.618 e. The van der Waals surface area contributed by atoms with Gasteiger partial charge in [0.2, 0.25) is 5.69 Å². The predicted octanol–water partition coefficient (Wildman–Crippen LogP) is 0.000600. The lowest BCUT2D eigenvalue weighted by Gasteiger charge is -2.32. The van der Waals surface area contributed by atoms with E-state index in [1.54, 1.807) is 6.07 Å². The molecule has 1 aromatic rings. The number of aliphatic hydroxyl groups excluding tert-OH is 1. The van der Waals surface area contributed by atoms with Gasteiger partial charge in [-0.2, -0.15) is 4.73 Å². The molecule has 1 aromatic heterocycles. The summed E-state index contributed by atoms with van der Waals surface area (Å²) in [6, 6.07) is 1.68. The van der Waals surface area contributed by atoms with Crippen LogP contribution in [0.1, 0.15) is 23.2 Å². The minimum atomic E-state index is -0.597. The number of rotatable bonds is 1. The van der Waals surface area contributed by atoms with Crippen molar-refractivity contribution in [3.05, 3.63) is 34.3 Å². The average molecular weight is 237 g/mol. The fraction of sp³-hybridized carbons (Fsp3) is 0.583. The van der Waals surface area contributed by atoms with Crippen LogP contribution in [0, 0.1) is 5.21 Å². The molecule has 92 valence electrons. The van der Waals surface area contributed by atoms with E-state index in [1.165, 1.54) is 6.20 Å². The maximum Gasteiger partial charge on any atom is 0.230 e. The first kappa shape index (κ1) is 11.0. The summed E-state index contributed by atoms with van der Waals surface area (Å²) in [5, 5.41) is 21.3. The highest BCUT2D eigenvalue weighted by Gasteiger charge is 2.48. The smallest absolute Gasteiger partial charge is 0.230 e. The Morgan fingerprint density at radius 3 is 3.06 bits per heavy atom. The third kappa shape index (κ3) is 1.54. The van der Waals surface area contributed by atoms with Crippen LogP contribution in [-0.2, 0) is 28.1 Å². The molecule has 0 aromatic carbocycles. The van der Waals surface area contributed by atoms with Gasteiger partial charge < -0.3 is 19.8 Å². The van der Waals surface area contributed by atoms with E-state index in [0.29, 0.717) is 38.4 Å². The van der Waals surface area contributed by atoms with Gasteiger partial charge in [-0.25, -0.2) is 0 Å². The Hall–Kier alpha value is -1.17. The summed E-state index contributed by atoms with van der Waals surface area (Å²) in [6.07, 6.45) is 2.83. The maximum atomic E-state index is 12.0. The first-order valence-corrected chi connectivity index (χ1v) is 5.84. The Morgan fingerprint density at radius 2 is 2.35 bits per heavy atom. The zero-order chi connectivity index (χ0) is 11.9. The van der Waals surface area contributed by atoms with Crippen molar-refractivity contribution in [3.63, 3.8) is 0 Å². The van der Waals surface area contributed by atoms with Gasteiger partial charge in [0.1, 0.15) is 0 Å². The number of aliphatic hydroxyl groups is 1. The molecule has 1 unspecified atom stereocenters. The van der Waals surface area contributed by atoms with Crippen molar-refractivity contribution < 1.29 is 19.3 Å². The van der Waals surface area contributed by atoms with E-state index >= 15 is 0 Å². The van der Waals surface area contributed by atoms with Gasteiger partial charge in [0.15, 0.2) is 11.8 Å². The highest BCUT2D eigenvalue weighted by atomic mass is 16.6. The van der Waals surface area contributed by atoms with Gasteiger partial charge in [-0.05, 0) is 5.56 Å². The van der Waals surface area contributed by atoms with Crippen LogP contribution < -0.4 is 4.73 Å². The molecular formula is C12H15NO4. The Morgan fingerprint density at radius 1 is 1.47 bits per heavy atom. The fourth-order valence-corrected chi connectivity index (χ4v) is 2.78. The fourth-order valence-electron chi connectivity index (χ4n) is 2.78. The summed E-state index contributed by atoms with van der Waals surface area (Å²) in [5.74, 6) is 0. The van der Waals surface area contributed by atoms with Gasteiger partial charge in [0.05, 0.1) is 26.4 Å². The zero-order valence-electron chi connectivity index (χ0n) is 9.52. The second-order valence-electron chi connectivity index (χ2n) is 4.55. The second kappa shape index (κ2) is 3.94. The Labute approximate surface area is 99.2 Å². The van der Waals surface area contributed by atoms with Crippen LogP contribution in [-0.4, -0.2) is 24.9 Å². The third-order valence-electron chi connectivity index (χ3n) is 3.62. The lowest BCUT2D eigenvalue weighted by atomic mass is 9.88. The average Bonchev–Trinajstić information content (AvgIpc) is 2.79. The van der Waals surface area contributed by atoms with Crippen LogP contribution in [0.3, 0.4) is 0 Å². The topological polar surface area (TPSA) is 65.6 Å². The molecule has 0 saturated carbocycles. The molecule has 1 saturated heterocycles. The Kier molecular flexibility index (Phi) is 2.54. The lowest BCUT2D eigenvalue weighted by molar-refractivity contribution is -0.624. The van der Waals surface area contributed by atoms with Crippen molar-refractivity contribution in [2.24, 2.45) is 0 Å². The molecule has 5 nitrogen and oxygen atoms in total. The van der Waals surface area contributed by atoms with Crippen molar-refractivity contribution in [1.82, 2.24) is 0 Å². The molecule has 3 heterocycles. The van der Waals surface area contributed by atoms with Crippen LogP contribution in [0.25, 0.3) is 0 Å². The normalized spacial score (nSPS) is 27.4. The van der Waals surface area contributed by atoms with E-state index in [4.69, 9.17) is 9.47 Å². The number of nitrogens with zero attached hydrogens (tertiary/aromatic N) is 1. The molecule has 5 heteroatoms. The summed E-state index contributed by atoms with van der Waals surface area (Å²) in [5.41, 5.74) is 1.79. The predicted molar refractivity (Wildman–Crippen MR) is 58.1 cm³/mol. The van der Waals surface area contributed by atoms with Gasteiger partial charge in [-0.1, -0.05) is 0 Å². The van der Waals surface area contributed by atoms with Crippen molar-refractivity contribution in [3.8, 4) is 0 Å². The molecular weight excluding hydrogens is 222 g/mol. The molecule has 2 aliphatic heterocycles. The molecule has 0 bridgehead atoms. The summed E-state index contributed by atoms with van der Waals surface area (Å²) < 4.78 is 12.1. The van der Waals surface area contributed by atoms with E-state index in [0.717, 1.165) is 15.9 Å². The first-order valence-electron chi connectivity index (χ1n) is 5.84. The number of ether oxygens (including phenoxy) is 2. The zero-order valence-corrected chi connectivity index (χ0v) is 9.52. The monoisotopic (exact) mass is 237 g/mol. The van der Waals surface area contributed by atoms with Crippen molar-refractivity contribution in [2.45, 2.75) is 25.0 Å². The molecule has 1 fully saturated rings. The lowest BCUT2D eigenvalue weighted by Crippen LogP contribution is -2.48. The quantitative estimate of drug-likeness (QED) is 0.551. The minimum absolute atomic E-state index is 0.0416. The van der Waals surface area contributed by atoms with Crippen LogP contribution in [0.2, 0.25) is 0 Å². The van der Waals surface area contributed by atoms with E-state index in [2.05, 4.69) is 0 Å². The highest BCUT2D eigenvalue weighted by Crippen LogP contribution is 2.38. The number of aromatic nitrogens is 1. The van der Waals surface area contributed by atoms with Gasteiger partial charge in [0.25, 0.3) is 0 Å². The van der Waals surface area contributed by atoms with Gasteiger partial charge in [-0.15, -0.1) is 0 Å². The minimum Gasteiger partial charge on any atom is -0.618 e. The standard InChI is InChI=1S/C12H15NO4/c14-7-9-1-4-13(15)11-10(9)2-5-17-12(11)3-6-16-8-12/h1,4,14H,2-3,5-8H2. The van der Waals surface area contributed by atoms with Gasteiger partial charge in [0, 0.05) is 24.5 Å². The van der Waals surface area contributed by atoms with Gasteiger partial charge in [-0.3, -0.25) is 0 Å². The molecule has 0 aliphatic carbocycles. The summed E-state index contributed by atoms with van der Waals surface area (Å²) in [4.78, 5) is 0. The van der Waals surface area contributed by atoms with E-state index < -0.39 is 5.60 Å². The van der Waals surface area contributed by atoms with Crippen molar-refractivity contribution in [2.75, 3.05) is 19.8 Å². The van der Waals surface area contributed by atoms with Crippen LogP contribution >= 0.6 is 0 Å². The second-order valence-corrected chi connectivity index (χ2v) is 4.55. The summed E-state index contributed by atoms with van der Waals surface area (Å²) >= 11 is 0. The molecule has 2 aliphatic rings. The molecule has 0 amide bonds. The Balaban J connectivity index is 2.18. The van der Waals surface area contributed by atoms with Gasteiger partial charge >= 0.3 is 0 Å². The van der Waals surface area contributed by atoms with Crippen LogP contribution in [0.5, 0.6) is 0 Å². The third-order valence-corrected chi connectivity index (χ3v) is 3.62. The highest BCUT2D eigenvalue weighted by molar-refractivity contribution is 5.33. The van der Waals surface area contributed by atoms with Crippen LogP contribution in [0.4, 0.5) is 0 Å². The molecule has 1 spiro atoms. The molecule has 17 heavy (non-hydrogen) atoms. The molecule has 1 N–H and O–H groups in total. The van der Waals surface area contributed by atoms with Crippen LogP contribution in [0.15, 0.2) is 12.3 Å².